The Labute approximate surface area is 93.4 Å². The summed E-state index contributed by atoms with van der Waals surface area (Å²) in [7, 11) is 1.80. The number of aliphatic hydroxyl groups is 1. The second kappa shape index (κ2) is 5.83. The van der Waals surface area contributed by atoms with Crippen molar-refractivity contribution in [1.29, 1.82) is 0 Å². The lowest BCUT2D eigenvalue weighted by atomic mass is 9.94. The highest BCUT2D eigenvalue weighted by atomic mass is 16.5. The Kier molecular flexibility index (Phi) is 5.03. The SMILES string of the molecule is COC1CN(C(C)CC(C)O)CCC1C. The van der Waals surface area contributed by atoms with Crippen LogP contribution < -0.4 is 0 Å². The molecule has 0 amide bonds. The number of hydrogen-bond donors (Lipinski definition) is 1. The van der Waals surface area contributed by atoms with Crippen molar-refractivity contribution in [2.75, 3.05) is 20.2 Å². The fourth-order valence-electron chi connectivity index (χ4n) is 2.41. The zero-order chi connectivity index (χ0) is 11.4. The quantitative estimate of drug-likeness (QED) is 0.771. The van der Waals surface area contributed by atoms with E-state index in [1.165, 1.54) is 6.42 Å². The Morgan fingerprint density at radius 3 is 2.67 bits per heavy atom. The van der Waals surface area contributed by atoms with Crippen molar-refractivity contribution in [3.05, 3.63) is 0 Å². The highest BCUT2D eigenvalue weighted by molar-refractivity contribution is 4.82. The number of ether oxygens (including phenoxy) is 1. The number of hydrogen-bond acceptors (Lipinski definition) is 3. The molecule has 0 aromatic carbocycles. The van der Waals surface area contributed by atoms with Gasteiger partial charge in [0.15, 0.2) is 0 Å². The molecule has 3 nitrogen and oxygen atoms in total. The molecule has 0 saturated carbocycles. The summed E-state index contributed by atoms with van der Waals surface area (Å²) in [5.74, 6) is 0.657. The van der Waals surface area contributed by atoms with Crippen molar-refractivity contribution in [3.63, 3.8) is 0 Å². The monoisotopic (exact) mass is 215 g/mol. The Hall–Kier alpha value is -0.120. The van der Waals surface area contributed by atoms with Gasteiger partial charge in [-0.05, 0) is 39.2 Å². The second-order valence-corrected chi connectivity index (χ2v) is 4.97. The molecule has 0 aliphatic carbocycles. The van der Waals surface area contributed by atoms with Crippen LogP contribution in [-0.2, 0) is 4.74 Å². The normalized spacial score (nSPS) is 32.6. The number of piperidine rings is 1. The maximum Gasteiger partial charge on any atom is 0.0724 e. The van der Waals surface area contributed by atoms with Crippen LogP contribution in [0.4, 0.5) is 0 Å². The first-order valence-electron chi connectivity index (χ1n) is 5.99. The van der Waals surface area contributed by atoms with Gasteiger partial charge < -0.3 is 9.84 Å². The molecule has 15 heavy (non-hydrogen) atoms. The van der Waals surface area contributed by atoms with Gasteiger partial charge in [-0.1, -0.05) is 6.92 Å². The van der Waals surface area contributed by atoms with Gasteiger partial charge in [0, 0.05) is 19.7 Å². The summed E-state index contributed by atoms with van der Waals surface area (Å²) >= 11 is 0. The third-order valence-corrected chi connectivity index (χ3v) is 3.53. The van der Waals surface area contributed by atoms with E-state index in [1.807, 2.05) is 6.92 Å². The van der Waals surface area contributed by atoms with E-state index >= 15 is 0 Å². The first-order chi connectivity index (χ1) is 7.04. The van der Waals surface area contributed by atoms with E-state index in [4.69, 9.17) is 4.74 Å². The van der Waals surface area contributed by atoms with Crippen LogP contribution in [0.25, 0.3) is 0 Å². The van der Waals surface area contributed by atoms with Crippen LogP contribution in [0, 0.1) is 5.92 Å². The summed E-state index contributed by atoms with van der Waals surface area (Å²) < 4.78 is 5.48. The van der Waals surface area contributed by atoms with Crippen molar-refractivity contribution in [1.82, 2.24) is 4.90 Å². The molecule has 1 saturated heterocycles. The Morgan fingerprint density at radius 2 is 2.13 bits per heavy atom. The minimum absolute atomic E-state index is 0.208. The predicted octanol–water partition coefficient (Wildman–Crippen LogP) is 1.50. The third-order valence-electron chi connectivity index (χ3n) is 3.53. The lowest BCUT2D eigenvalue weighted by Crippen LogP contribution is -2.48. The molecule has 0 aromatic rings. The number of methoxy groups -OCH3 is 1. The summed E-state index contributed by atoms with van der Waals surface area (Å²) in [6, 6.07) is 0.454. The van der Waals surface area contributed by atoms with Crippen molar-refractivity contribution < 1.29 is 9.84 Å². The number of aliphatic hydroxyl groups excluding tert-OH is 1. The summed E-state index contributed by atoms with van der Waals surface area (Å²) in [4.78, 5) is 2.43. The minimum Gasteiger partial charge on any atom is -0.393 e. The molecular formula is C12H25NO2. The Bertz CT molecular complexity index is 184. The number of likely N-dealkylation sites (tertiary alicyclic amines) is 1. The van der Waals surface area contributed by atoms with Crippen LogP contribution in [-0.4, -0.2) is 48.5 Å². The van der Waals surface area contributed by atoms with E-state index in [0.717, 1.165) is 19.5 Å². The fourth-order valence-corrected chi connectivity index (χ4v) is 2.41. The van der Waals surface area contributed by atoms with E-state index in [2.05, 4.69) is 18.7 Å². The standard InChI is InChI=1S/C12H25NO2/c1-9-5-6-13(8-12(9)15-4)10(2)7-11(3)14/h9-12,14H,5-8H2,1-4H3. The predicted molar refractivity (Wildman–Crippen MR) is 61.9 cm³/mol. The highest BCUT2D eigenvalue weighted by Gasteiger charge is 2.28. The first kappa shape index (κ1) is 12.9. The average Bonchev–Trinajstić information content (AvgIpc) is 2.17. The zero-order valence-electron chi connectivity index (χ0n) is 10.4. The molecule has 3 heteroatoms. The number of rotatable bonds is 4. The molecule has 4 unspecified atom stereocenters. The van der Waals surface area contributed by atoms with Crippen LogP contribution in [0.2, 0.25) is 0 Å². The molecule has 0 spiro atoms. The zero-order valence-corrected chi connectivity index (χ0v) is 10.4. The second-order valence-electron chi connectivity index (χ2n) is 4.97. The average molecular weight is 215 g/mol. The largest absolute Gasteiger partial charge is 0.393 e. The molecular weight excluding hydrogens is 190 g/mol. The molecule has 1 N–H and O–H groups in total. The summed E-state index contributed by atoms with van der Waals surface area (Å²) in [6.45, 7) is 8.44. The minimum atomic E-state index is -0.208. The van der Waals surface area contributed by atoms with Gasteiger partial charge in [0.2, 0.25) is 0 Å². The van der Waals surface area contributed by atoms with Gasteiger partial charge in [-0.2, -0.15) is 0 Å². The maximum atomic E-state index is 9.37. The molecule has 1 fully saturated rings. The topological polar surface area (TPSA) is 32.7 Å². The van der Waals surface area contributed by atoms with Gasteiger partial charge in [0.25, 0.3) is 0 Å². The molecule has 1 aliphatic heterocycles. The van der Waals surface area contributed by atoms with Gasteiger partial charge in [0.1, 0.15) is 0 Å². The van der Waals surface area contributed by atoms with Crippen molar-refractivity contribution in [2.24, 2.45) is 5.92 Å². The molecule has 1 heterocycles. The van der Waals surface area contributed by atoms with E-state index in [1.54, 1.807) is 7.11 Å². The van der Waals surface area contributed by atoms with Crippen LogP contribution >= 0.6 is 0 Å². The molecule has 0 radical (unpaired) electrons. The van der Waals surface area contributed by atoms with Crippen molar-refractivity contribution in [2.45, 2.75) is 51.9 Å². The maximum absolute atomic E-state index is 9.37. The lowest BCUT2D eigenvalue weighted by Gasteiger charge is -2.39. The molecule has 4 atom stereocenters. The van der Waals surface area contributed by atoms with Crippen molar-refractivity contribution >= 4 is 0 Å². The molecule has 0 aromatic heterocycles. The van der Waals surface area contributed by atoms with Gasteiger partial charge in [-0.15, -0.1) is 0 Å². The van der Waals surface area contributed by atoms with Gasteiger partial charge >= 0.3 is 0 Å². The third kappa shape index (κ3) is 3.74. The van der Waals surface area contributed by atoms with E-state index in [-0.39, 0.29) is 6.10 Å². The Morgan fingerprint density at radius 1 is 1.47 bits per heavy atom. The summed E-state index contributed by atoms with van der Waals surface area (Å²) in [6.07, 6.45) is 2.20. The molecule has 1 aliphatic rings. The van der Waals surface area contributed by atoms with E-state index in [0.29, 0.717) is 18.1 Å². The Balaban J connectivity index is 2.43. The van der Waals surface area contributed by atoms with Gasteiger partial charge in [0.05, 0.1) is 12.2 Å². The van der Waals surface area contributed by atoms with Crippen molar-refractivity contribution in [3.8, 4) is 0 Å². The van der Waals surface area contributed by atoms with E-state index in [9.17, 15) is 5.11 Å². The summed E-state index contributed by atoms with van der Waals surface area (Å²) in [5.41, 5.74) is 0. The molecule has 90 valence electrons. The van der Waals surface area contributed by atoms with Crippen LogP contribution in [0.5, 0.6) is 0 Å². The van der Waals surface area contributed by atoms with Crippen LogP contribution in [0.15, 0.2) is 0 Å². The molecule has 1 rings (SSSR count). The first-order valence-corrected chi connectivity index (χ1v) is 5.99. The van der Waals surface area contributed by atoms with Crippen LogP contribution in [0.1, 0.15) is 33.6 Å². The molecule has 0 bridgehead atoms. The highest BCUT2D eigenvalue weighted by Crippen LogP contribution is 2.22. The van der Waals surface area contributed by atoms with Crippen LogP contribution in [0.3, 0.4) is 0 Å². The lowest BCUT2D eigenvalue weighted by molar-refractivity contribution is -0.0225. The summed E-state index contributed by atoms with van der Waals surface area (Å²) in [5, 5.41) is 9.37. The number of nitrogens with zero attached hydrogens (tertiary/aromatic N) is 1. The van der Waals surface area contributed by atoms with E-state index < -0.39 is 0 Å². The smallest absolute Gasteiger partial charge is 0.0724 e. The van der Waals surface area contributed by atoms with Gasteiger partial charge in [-0.25, -0.2) is 0 Å². The van der Waals surface area contributed by atoms with Gasteiger partial charge in [-0.3, -0.25) is 4.90 Å². The fraction of sp³-hybridized carbons (Fsp3) is 1.00.